The minimum atomic E-state index is -2.62. The molecule has 3 saturated carbocycles. The Morgan fingerprint density at radius 2 is 1.97 bits per heavy atom. The summed E-state index contributed by atoms with van der Waals surface area (Å²) in [4.78, 5) is 0.702. The lowest BCUT2D eigenvalue weighted by molar-refractivity contribution is 0.0862. The molecular weight excluding hydrogens is 442 g/mol. The highest BCUT2D eigenvalue weighted by molar-refractivity contribution is 7.99. The topological polar surface area (TPSA) is 83.6 Å². The molecule has 1 aromatic carbocycles. The summed E-state index contributed by atoms with van der Waals surface area (Å²) in [5, 5.41) is 28.3. The third-order valence-corrected chi connectivity index (χ3v) is 10.5. The first-order chi connectivity index (χ1) is 16.1. The standard InChI is InChI=1S/C29H41NO3S/c1-20(15-17-34(30,33)25-9-5-4-6-10-25)26-13-14-27-22(8-7-16-29(26,27)3)11-12-23-18-24(31)19-28(32)21(23)2/h4-6,9-12,17,20,24,26-28,31-32H,2,7-8,13-16,18-19H2,1,3H3,(H2,30,33)/t20-,24-,26-,27+,28+,29-,34?/m1/s1. The van der Waals surface area contributed by atoms with E-state index in [9.17, 15) is 14.4 Å². The van der Waals surface area contributed by atoms with Crippen LogP contribution in [0.25, 0.3) is 0 Å². The normalized spacial score (nSPS) is 36.8. The van der Waals surface area contributed by atoms with Crippen LogP contribution in [0.1, 0.15) is 65.2 Å². The average Bonchev–Trinajstić information content (AvgIpc) is 3.17. The Bertz CT molecular complexity index is 1080. The molecule has 0 aromatic heterocycles. The van der Waals surface area contributed by atoms with E-state index in [0.29, 0.717) is 35.5 Å². The molecular formula is C29H41NO3S. The molecule has 34 heavy (non-hydrogen) atoms. The molecule has 0 bridgehead atoms. The molecule has 1 unspecified atom stereocenters. The van der Waals surface area contributed by atoms with E-state index in [1.807, 2.05) is 35.7 Å². The van der Waals surface area contributed by atoms with Crippen molar-refractivity contribution in [2.24, 2.45) is 28.3 Å². The van der Waals surface area contributed by atoms with Crippen molar-refractivity contribution in [1.82, 2.24) is 0 Å². The van der Waals surface area contributed by atoms with Gasteiger partial charge in [-0.1, -0.05) is 56.4 Å². The van der Waals surface area contributed by atoms with Crippen molar-refractivity contribution in [3.63, 3.8) is 0 Å². The summed E-state index contributed by atoms with van der Waals surface area (Å²) in [5.41, 5.74) is 3.45. The molecule has 186 valence electrons. The van der Waals surface area contributed by atoms with Gasteiger partial charge in [-0.2, -0.15) is 0 Å². The lowest BCUT2D eigenvalue weighted by Gasteiger charge is -2.44. The van der Waals surface area contributed by atoms with Crippen LogP contribution in [0.5, 0.6) is 0 Å². The van der Waals surface area contributed by atoms with Gasteiger partial charge in [0, 0.05) is 11.3 Å². The number of benzene rings is 1. The molecule has 0 spiro atoms. The van der Waals surface area contributed by atoms with E-state index in [1.54, 1.807) is 0 Å². The monoisotopic (exact) mass is 483 g/mol. The molecule has 3 aliphatic rings. The van der Waals surface area contributed by atoms with Gasteiger partial charge in [-0.3, -0.25) is 5.14 Å². The molecule has 0 saturated heterocycles. The Kier molecular flexibility index (Phi) is 7.58. The number of aliphatic hydroxyl groups excluding tert-OH is 2. The average molecular weight is 484 g/mol. The van der Waals surface area contributed by atoms with Gasteiger partial charge < -0.3 is 10.2 Å². The van der Waals surface area contributed by atoms with Gasteiger partial charge in [-0.15, -0.1) is 0 Å². The highest BCUT2D eigenvalue weighted by Gasteiger charge is 2.50. The smallest absolute Gasteiger partial charge is 0.0811 e. The lowest BCUT2D eigenvalue weighted by atomic mass is 9.61. The number of hydrogen-bond donors (Lipinski definition) is 3. The van der Waals surface area contributed by atoms with Crippen LogP contribution >= 0.6 is 0 Å². The Labute approximate surface area is 205 Å². The number of hydrogen-bond acceptors (Lipinski definition) is 3. The van der Waals surface area contributed by atoms with Gasteiger partial charge in [0.05, 0.1) is 21.9 Å². The number of fused-ring (bicyclic) bond motifs is 1. The van der Waals surface area contributed by atoms with Crippen LogP contribution < -0.4 is 5.14 Å². The van der Waals surface area contributed by atoms with E-state index in [0.717, 1.165) is 24.0 Å². The fourth-order valence-electron chi connectivity index (χ4n) is 6.87. The highest BCUT2D eigenvalue weighted by Crippen LogP contribution is 2.59. The zero-order valence-electron chi connectivity index (χ0n) is 20.7. The summed E-state index contributed by atoms with van der Waals surface area (Å²) in [6.07, 6.45) is 10.8. The van der Waals surface area contributed by atoms with E-state index < -0.39 is 21.9 Å². The summed E-state index contributed by atoms with van der Waals surface area (Å²) >= 11 is 0. The molecule has 4 nitrogen and oxygen atoms in total. The molecule has 0 aliphatic heterocycles. The molecule has 5 heteroatoms. The molecule has 7 atom stereocenters. The molecule has 3 aliphatic carbocycles. The van der Waals surface area contributed by atoms with Crippen molar-refractivity contribution in [2.75, 3.05) is 0 Å². The van der Waals surface area contributed by atoms with Crippen molar-refractivity contribution in [2.45, 2.75) is 82.3 Å². The Morgan fingerprint density at radius 1 is 1.24 bits per heavy atom. The summed E-state index contributed by atoms with van der Waals surface area (Å²) in [6, 6.07) is 9.39. The predicted octanol–water partition coefficient (Wildman–Crippen LogP) is 5.17. The first kappa shape index (κ1) is 25.4. The Balaban J connectivity index is 1.50. The van der Waals surface area contributed by atoms with Crippen LogP contribution in [-0.4, -0.2) is 32.0 Å². The van der Waals surface area contributed by atoms with Crippen molar-refractivity contribution < 1.29 is 14.4 Å². The first-order valence-electron chi connectivity index (χ1n) is 12.8. The quantitative estimate of drug-likeness (QED) is 0.505. The largest absolute Gasteiger partial charge is 0.393 e. The van der Waals surface area contributed by atoms with Gasteiger partial charge in [0.1, 0.15) is 0 Å². The van der Waals surface area contributed by atoms with Gasteiger partial charge in [-0.05, 0) is 96.8 Å². The SMILES string of the molecule is C=C1C(=CC=C2CCC[C@]3(C)[C@@H]([C@H](C)CC=S(N)(=O)c4ccccc4)CC[C@@H]23)C[C@@H](O)C[C@@H]1O. The van der Waals surface area contributed by atoms with E-state index in [2.05, 4.69) is 32.6 Å². The van der Waals surface area contributed by atoms with Gasteiger partial charge in [0.15, 0.2) is 0 Å². The van der Waals surface area contributed by atoms with Crippen molar-refractivity contribution >= 4 is 15.1 Å². The Hall–Kier alpha value is -1.66. The molecule has 1 aromatic rings. The maximum absolute atomic E-state index is 13.1. The van der Waals surface area contributed by atoms with Crippen LogP contribution in [-0.2, 0) is 9.71 Å². The lowest BCUT2D eigenvalue weighted by Crippen LogP contribution is -2.36. The summed E-state index contributed by atoms with van der Waals surface area (Å²) in [7, 11) is -2.62. The first-order valence-corrected chi connectivity index (χ1v) is 14.5. The van der Waals surface area contributed by atoms with E-state index in [4.69, 9.17) is 5.14 Å². The van der Waals surface area contributed by atoms with E-state index >= 15 is 0 Å². The van der Waals surface area contributed by atoms with Gasteiger partial charge in [-0.25, -0.2) is 4.21 Å². The molecule has 0 heterocycles. The maximum atomic E-state index is 13.1. The second-order valence-electron chi connectivity index (χ2n) is 11.0. The number of rotatable bonds is 5. The zero-order chi connectivity index (χ0) is 24.5. The van der Waals surface area contributed by atoms with Crippen LogP contribution in [0.4, 0.5) is 0 Å². The second kappa shape index (κ2) is 10.1. The van der Waals surface area contributed by atoms with E-state index in [1.165, 1.54) is 31.3 Å². The fourth-order valence-corrected chi connectivity index (χ4v) is 8.23. The number of allylic oxidation sites excluding steroid dienone is 3. The summed E-state index contributed by atoms with van der Waals surface area (Å²) in [5.74, 6) is 1.54. The third-order valence-electron chi connectivity index (χ3n) is 8.82. The van der Waals surface area contributed by atoms with Gasteiger partial charge in [0.2, 0.25) is 0 Å². The van der Waals surface area contributed by atoms with Crippen LogP contribution in [0.3, 0.4) is 0 Å². The summed E-state index contributed by atoms with van der Waals surface area (Å²) < 4.78 is 13.1. The van der Waals surface area contributed by atoms with Gasteiger partial charge in [0.25, 0.3) is 0 Å². The van der Waals surface area contributed by atoms with Crippen molar-refractivity contribution in [3.8, 4) is 0 Å². The Morgan fingerprint density at radius 3 is 2.71 bits per heavy atom. The summed E-state index contributed by atoms with van der Waals surface area (Å²) in [6.45, 7) is 8.81. The second-order valence-corrected chi connectivity index (χ2v) is 13.1. The predicted molar refractivity (Wildman–Crippen MR) is 142 cm³/mol. The maximum Gasteiger partial charge on any atom is 0.0811 e. The number of nitrogens with two attached hydrogens (primary N) is 1. The fraction of sp³-hybridized carbons (Fsp3) is 0.552. The molecule has 3 fully saturated rings. The van der Waals surface area contributed by atoms with Crippen molar-refractivity contribution in [1.29, 1.82) is 0 Å². The third kappa shape index (κ3) is 5.13. The van der Waals surface area contributed by atoms with Crippen LogP contribution in [0, 0.1) is 23.2 Å². The van der Waals surface area contributed by atoms with Gasteiger partial charge >= 0.3 is 0 Å². The van der Waals surface area contributed by atoms with E-state index in [-0.39, 0.29) is 5.41 Å². The van der Waals surface area contributed by atoms with Crippen LogP contribution in [0.2, 0.25) is 0 Å². The molecule has 4 rings (SSSR count). The van der Waals surface area contributed by atoms with Crippen molar-refractivity contribution in [3.05, 3.63) is 65.8 Å². The number of aliphatic hydroxyl groups is 2. The van der Waals surface area contributed by atoms with Crippen LogP contribution in [0.15, 0.2) is 70.7 Å². The zero-order valence-corrected chi connectivity index (χ0v) is 21.5. The highest BCUT2D eigenvalue weighted by atomic mass is 32.2. The molecule has 0 amide bonds. The molecule has 0 radical (unpaired) electrons. The minimum absolute atomic E-state index is 0.237. The minimum Gasteiger partial charge on any atom is -0.393 e. The molecule has 4 N–H and O–H groups in total.